The molecule has 1 aliphatic carbocycles. The molecule has 112 valence electrons. The highest BCUT2D eigenvalue weighted by atomic mass is 16.6. The molecule has 1 aromatic heterocycles. The fourth-order valence-corrected chi connectivity index (χ4v) is 3.22. The molecule has 0 amide bonds. The molecule has 1 aromatic carbocycles. The fourth-order valence-electron chi connectivity index (χ4n) is 3.22. The predicted octanol–water partition coefficient (Wildman–Crippen LogP) is 2.20. The minimum atomic E-state index is -0.781. The Balaban J connectivity index is 1.79. The Morgan fingerprint density at radius 1 is 1.27 bits per heavy atom. The predicted molar refractivity (Wildman–Crippen MR) is 78.5 cm³/mol. The van der Waals surface area contributed by atoms with Crippen LogP contribution in [0, 0.1) is 0 Å². The first-order chi connectivity index (χ1) is 10.7. The van der Waals surface area contributed by atoms with Crippen LogP contribution in [0.2, 0.25) is 0 Å². The van der Waals surface area contributed by atoms with Crippen molar-refractivity contribution in [1.82, 2.24) is 4.98 Å². The van der Waals surface area contributed by atoms with E-state index in [4.69, 9.17) is 9.47 Å². The van der Waals surface area contributed by atoms with Crippen molar-refractivity contribution < 1.29 is 19.1 Å². The lowest BCUT2D eigenvalue weighted by atomic mass is 10.0. The van der Waals surface area contributed by atoms with Gasteiger partial charge in [0, 0.05) is 17.5 Å². The molecule has 0 spiro atoms. The van der Waals surface area contributed by atoms with E-state index in [0.717, 1.165) is 41.4 Å². The summed E-state index contributed by atoms with van der Waals surface area (Å²) in [5.41, 5.74) is 3.30. The van der Waals surface area contributed by atoms with Gasteiger partial charge in [-0.15, -0.1) is 0 Å². The molecule has 2 aliphatic rings. The highest BCUT2D eigenvalue weighted by Crippen LogP contribution is 2.31. The molecule has 2 heterocycles. The molecule has 2 aromatic rings. The van der Waals surface area contributed by atoms with Gasteiger partial charge in [0.05, 0.1) is 17.7 Å². The summed E-state index contributed by atoms with van der Waals surface area (Å²) in [6, 6.07) is 7.56. The molecule has 22 heavy (non-hydrogen) atoms. The maximum absolute atomic E-state index is 12.7. The number of esters is 2. The van der Waals surface area contributed by atoms with E-state index >= 15 is 0 Å². The molecule has 1 fully saturated rings. The van der Waals surface area contributed by atoms with Crippen LogP contribution >= 0.6 is 0 Å². The summed E-state index contributed by atoms with van der Waals surface area (Å²) in [7, 11) is 0. The molecule has 0 radical (unpaired) electrons. The number of cyclic esters (lactones) is 1. The van der Waals surface area contributed by atoms with Gasteiger partial charge in [-0.25, -0.2) is 9.59 Å². The van der Waals surface area contributed by atoms with Crippen molar-refractivity contribution in [2.45, 2.75) is 31.8 Å². The average molecular weight is 297 g/mol. The largest absolute Gasteiger partial charge is 0.463 e. The van der Waals surface area contributed by atoms with Gasteiger partial charge in [0.1, 0.15) is 0 Å². The number of pyridine rings is 1. The van der Waals surface area contributed by atoms with E-state index in [2.05, 4.69) is 4.98 Å². The molecule has 0 N–H and O–H groups in total. The van der Waals surface area contributed by atoms with Crippen LogP contribution in [0.15, 0.2) is 24.3 Å². The van der Waals surface area contributed by atoms with Crippen molar-refractivity contribution >= 4 is 22.8 Å². The summed E-state index contributed by atoms with van der Waals surface area (Å²) in [6.45, 7) is 0.311. The monoisotopic (exact) mass is 297 g/mol. The molecular weight excluding hydrogens is 282 g/mol. The Hall–Kier alpha value is -2.43. The van der Waals surface area contributed by atoms with Crippen molar-refractivity contribution in [2.75, 3.05) is 6.61 Å². The topological polar surface area (TPSA) is 65.5 Å². The van der Waals surface area contributed by atoms with Crippen LogP contribution in [0.4, 0.5) is 0 Å². The number of benzene rings is 1. The molecule has 5 heteroatoms. The summed E-state index contributed by atoms with van der Waals surface area (Å²) in [4.78, 5) is 28.8. The maximum atomic E-state index is 12.7. The standard InChI is InChI=1S/C17H15NO4/c19-16-14(8-9-21-16)22-17(20)15-10-4-1-2-6-12(10)18-13-7-3-5-11(13)15/h1-2,4,6,14H,3,5,7-9H2/t14-/m1/s1. The van der Waals surface area contributed by atoms with Gasteiger partial charge in [-0.1, -0.05) is 18.2 Å². The highest BCUT2D eigenvalue weighted by molar-refractivity contribution is 6.05. The number of aromatic nitrogens is 1. The van der Waals surface area contributed by atoms with Gasteiger partial charge in [0.25, 0.3) is 0 Å². The molecule has 0 saturated carbocycles. The first kappa shape index (κ1) is 13.2. The molecule has 1 atom stereocenters. The SMILES string of the molecule is O=C(O[C@@H]1CCOC1=O)c1c2c(nc3ccccc13)CCC2. The number of rotatable bonds is 2. The number of fused-ring (bicyclic) bond motifs is 2. The lowest BCUT2D eigenvalue weighted by Gasteiger charge is -2.13. The van der Waals surface area contributed by atoms with Crippen LogP contribution < -0.4 is 0 Å². The van der Waals surface area contributed by atoms with Gasteiger partial charge in [-0.2, -0.15) is 0 Å². The minimum absolute atomic E-state index is 0.311. The summed E-state index contributed by atoms with van der Waals surface area (Å²) in [6.07, 6.45) is 2.34. The number of hydrogen-bond donors (Lipinski definition) is 0. The van der Waals surface area contributed by atoms with E-state index < -0.39 is 18.0 Å². The quantitative estimate of drug-likeness (QED) is 0.795. The van der Waals surface area contributed by atoms with Gasteiger partial charge < -0.3 is 9.47 Å². The van der Waals surface area contributed by atoms with E-state index in [0.29, 0.717) is 18.6 Å². The minimum Gasteiger partial charge on any atom is -0.463 e. The first-order valence-corrected chi connectivity index (χ1v) is 7.52. The third-order valence-electron chi connectivity index (χ3n) is 4.26. The second kappa shape index (κ2) is 5.09. The van der Waals surface area contributed by atoms with E-state index in [1.807, 2.05) is 24.3 Å². The molecular formula is C17H15NO4. The van der Waals surface area contributed by atoms with Gasteiger partial charge in [-0.3, -0.25) is 4.98 Å². The zero-order chi connectivity index (χ0) is 15.1. The van der Waals surface area contributed by atoms with Crippen LogP contribution in [0.3, 0.4) is 0 Å². The molecule has 1 aliphatic heterocycles. The van der Waals surface area contributed by atoms with Crippen molar-refractivity contribution in [2.24, 2.45) is 0 Å². The van der Waals surface area contributed by atoms with Crippen LogP contribution in [-0.4, -0.2) is 29.6 Å². The summed E-state index contributed by atoms with van der Waals surface area (Å²) < 4.78 is 10.3. The zero-order valence-electron chi connectivity index (χ0n) is 12.0. The third-order valence-corrected chi connectivity index (χ3v) is 4.26. The normalized spacial score (nSPS) is 20.0. The first-order valence-electron chi connectivity index (χ1n) is 7.52. The Morgan fingerprint density at radius 2 is 2.14 bits per heavy atom. The van der Waals surface area contributed by atoms with E-state index in [9.17, 15) is 9.59 Å². The van der Waals surface area contributed by atoms with Crippen LogP contribution in [0.1, 0.15) is 34.5 Å². The van der Waals surface area contributed by atoms with Crippen LogP contribution in [0.25, 0.3) is 10.9 Å². The van der Waals surface area contributed by atoms with Crippen molar-refractivity contribution in [3.63, 3.8) is 0 Å². The maximum Gasteiger partial charge on any atom is 0.347 e. The lowest BCUT2D eigenvalue weighted by Crippen LogP contribution is -2.23. The Bertz CT molecular complexity index is 784. The molecule has 5 nitrogen and oxygen atoms in total. The van der Waals surface area contributed by atoms with E-state index in [1.165, 1.54) is 0 Å². The number of carbonyl (C=O) groups is 2. The molecule has 0 bridgehead atoms. The number of aryl methyl sites for hydroxylation is 1. The average Bonchev–Trinajstić information content (AvgIpc) is 3.13. The van der Waals surface area contributed by atoms with Crippen LogP contribution in [0.5, 0.6) is 0 Å². The van der Waals surface area contributed by atoms with Gasteiger partial charge >= 0.3 is 11.9 Å². The van der Waals surface area contributed by atoms with Crippen molar-refractivity contribution in [3.05, 3.63) is 41.1 Å². The number of hydrogen-bond acceptors (Lipinski definition) is 5. The zero-order valence-corrected chi connectivity index (χ0v) is 12.0. The summed E-state index contributed by atoms with van der Waals surface area (Å²) in [5.74, 6) is -0.899. The van der Waals surface area contributed by atoms with E-state index in [1.54, 1.807) is 0 Å². The Morgan fingerprint density at radius 3 is 2.95 bits per heavy atom. The van der Waals surface area contributed by atoms with E-state index in [-0.39, 0.29) is 0 Å². The number of carbonyl (C=O) groups excluding carboxylic acids is 2. The third kappa shape index (κ3) is 2.04. The Labute approximate surface area is 127 Å². The number of nitrogens with zero attached hydrogens (tertiary/aromatic N) is 1. The molecule has 1 saturated heterocycles. The van der Waals surface area contributed by atoms with Gasteiger partial charge in [0.2, 0.25) is 6.10 Å². The lowest BCUT2D eigenvalue weighted by molar-refractivity contribution is -0.145. The van der Waals surface area contributed by atoms with Crippen molar-refractivity contribution in [3.8, 4) is 0 Å². The van der Waals surface area contributed by atoms with Crippen molar-refractivity contribution in [1.29, 1.82) is 0 Å². The van der Waals surface area contributed by atoms with Gasteiger partial charge in [0.15, 0.2) is 0 Å². The molecule has 4 rings (SSSR count). The summed E-state index contributed by atoms with van der Waals surface area (Å²) >= 11 is 0. The number of para-hydroxylation sites is 1. The summed E-state index contributed by atoms with van der Waals surface area (Å²) in [5, 5.41) is 0.791. The second-order valence-corrected chi connectivity index (χ2v) is 5.63. The van der Waals surface area contributed by atoms with Gasteiger partial charge in [-0.05, 0) is 30.9 Å². The fraction of sp³-hybridized carbons (Fsp3) is 0.353. The number of ether oxygens (including phenoxy) is 2. The Kier molecular flexibility index (Phi) is 3.06. The molecule has 0 unspecified atom stereocenters. The smallest absolute Gasteiger partial charge is 0.347 e. The highest BCUT2D eigenvalue weighted by Gasteiger charge is 2.32. The second-order valence-electron chi connectivity index (χ2n) is 5.63. The van der Waals surface area contributed by atoms with Crippen LogP contribution in [-0.2, 0) is 27.1 Å².